The van der Waals surface area contributed by atoms with Crippen molar-refractivity contribution in [1.29, 1.82) is 0 Å². The number of nitrogens with zero attached hydrogens (tertiary/aromatic N) is 2. The Kier molecular flexibility index (Phi) is 5.27. The predicted molar refractivity (Wildman–Crippen MR) is 114 cm³/mol. The second-order valence-corrected chi connectivity index (χ2v) is 8.97. The van der Waals surface area contributed by atoms with Crippen molar-refractivity contribution in [2.45, 2.75) is 25.6 Å². The standard InChI is InChI=1S/C20H24N6O2S/c1-14-11-16(25-29(2,27)28)7-8-18(14)22-20-13-19(23-24-20)15-5-3-6-17(12-15)26-10-4-9-21-26/h3-12,19-20,22-25H,13H2,1-2H3. The van der Waals surface area contributed by atoms with Crippen molar-refractivity contribution < 1.29 is 8.42 Å². The lowest BCUT2D eigenvalue weighted by molar-refractivity contribution is 0.564. The predicted octanol–water partition coefficient (Wildman–Crippen LogP) is 2.53. The van der Waals surface area contributed by atoms with E-state index in [2.05, 4.69) is 38.1 Å². The number of anilines is 2. The molecule has 2 heterocycles. The molecule has 0 bridgehead atoms. The van der Waals surface area contributed by atoms with E-state index in [-0.39, 0.29) is 12.2 Å². The molecule has 2 atom stereocenters. The van der Waals surface area contributed by atoms with Gasteiger partial charge in [-0.15, -0.1) is 0 Å². The average molecular weight is 413 g/mol. The fourth-order valence-corrected chi connectivity index (χ4v) is 4.02. The van der Waals surface area contributed by atoms with E-state index in [0.29, 0.717) is 5.69 Å². The van der Waals surface area contributed by atoms with Gasteiger partial charge in [0.15, 0.2) is 0 Å². The van der Waals surface area contributed by atoms with E-state index in [1.54, 1.807) is 12.3 Å². The van der Waals surface area contributed by atoms with Crippen LogP contribution >= 0.6 is 0 Å². The Balaban J connectivity index is 1.42. The zero-order valence-corrected chi connectivity index (χ0v) is 17.1. The summed E-state index contributed by atoms with van der Waals surface area (Å²) in [6.45, 7) is 1.95. The molecule has 0 amide bonds. The highest BCUT2D eigenvalue weighted by atomic mass is 32.2. The second-order valence-electron chi connectivity index (χ2n) is 7.22. The van der Waals surface area contributed by atoms with E-state index < -0.39 is 10.0 Å². The maximum atomic E-state index is 11.4. The van der Waals surface area contributed by atoms with Crippen LogP contribution in [0.3, 0.4) is 0 Å². The van der Waals surface area contributed by atoms with Crippen molar-refractivity contribution in [2.75, 3.05) is 16.3 Å². The van der Waals surface area contributed by atoms with Gasteiger partial charge in [-0.2, -0.15) is 5.10 Å². The highest BCUT2D eigenvalue weighted by Gasteiger charge is 2.25. The molecule has 0 spiro atoms. The van der Waals surface area contributed by atoms with E-state index in [9.17, 15) is 8.42 Å². The third-order valence-corrected chi connectivity index (χ3v) is 5.41. The molecule has 4 rings (SSSR count). The fraction of sp³-hybridized carbons (Fsp3) is 0.250. The van der Waals surface area contributed by atoms with Crippen LogP contribution in [0, 0.1) is 6.92 Å². The Morgan fingerprint density at radius 1 is 1.14 bits per heavy atom. The van der Waals surface area contributed by atoms with Gasteiger partial charge in [-0.25, -0.2) is 24.0 Å². The summed E-state index contributed by atoms with van der Waals surface area (Å²) in [5.41, 5.74) is 11.3. The third kappa shape index (κ3) is 4.76. The minimum atomic E-state index is -3.29. The van der Waals surface area contributed by atoms with Crippen LogP contribution in [-0.2, 0) is 10.0 Å². The van der Waals surface area contributed by atoms with Gasteiger partial charge >= 0.3 is 0 Å². The number of aromatic nitrogens is 2. The number of sulfonamides is 1. The zero-order chi connectivity index (χ0) is 20.4. The quantitative estimate of drug-likeness (QED) is 0.497. The topological polar surface area (TPSA) is 100 Å². The zero-order valence-electron chi connectivity index (χ0n) is 16.3. The van der Waals surface area contributed by atoms with E-state index in [0.717, 1.165) is 29.6 Å². The summed E-state index contributed by atoms with van der Waals surface area (Å²) >= 11 is 0. The fourth-order valence-electron chi connectivity index (χ4n) is 3.47. The molecular formula is C20H24N6O2S. The van der Waals surface area contributed by atoms with E-state index in [4.69, 9.17) is 0 Å². The number of aryl methyl sites for hydroxylation is 1. The lowest BCUT2D eigenvalue weighted by Crippen LogP contribution is -2.36. The van der Waals surface area contributed by atoms with Crippen molar-refractivity contribution in [2.24, 2.45) is 0 Å². The monoisotopic (exact) mass is 412 g/mol. The normalized spacial score (nSPS) is 19.2. The molecule has 4 N–H and O–H groups in total. The molecule has 29 heavy (non-hydrogen) atoms. The first-order chi connectivity index (χ1) is 13.9. The molecule has 8 nitrogen and oxygen atoms in total. The molecule has 1 aliphatic rings. The second kappa shape index (κ2) is 7.86. The number of hydrazine groups is 1. The van der Waals surface area contributed by atoms with E-state index in [1.807, 2.05) is 48.1 Å². The Hall–Kier alpha value is -2.88. The van der Waals surface area contributed by atoms with Crippen LogP contribution in [0.2, 0.25) is 0 Å². The average Bonchev–Trinajstić information content (AvgIpc) is 3.35. The minimum absolute atomic E-state index is 0.0424. The molecule has 1 fully saturated rings. The summed E-state index contributed by atoms with van der Waals surface area (Å²) in [4.78, 5) is 0. The summed E-state index contributed by atoms with van der Waals surface area (Å²) in [6.07, 6.45) is 5.73. The van der Waals surface area contributed by atoms with Gasteiger partial charge in [0.2, 0.25) is 10.0 Å². The Morgan fingerprint density at radius 2 is 2.00 bits per heavy atom. The highest BCUT2D eigenvalue weighted by molar-refractivity contribution is 7.92. The van der Waals surface area contributed by atoms with Crippen molar-refractivity contribution in [3.63, 3.8) is 0 Å². The molecule has 0 saturated carbocycles. The van der Waals surface area contributed by atoms with Crippen LogP contribution in [0.5, 0.6) is 0 Å². The number of rotatable bonds is 6. The van der Waals surface area contributed by atoms with Gasteiger partial charge in [-0.05, 0) is 54.4 Å². The van der Waals surface area contributed by atoms with Crippen LogP contribution in [0.4, 0.5) is 11.4 Å². The number of benzene rings is 2. The molecule has 1 saturated heterocycles. The van der Waals surface area contributed by atoms with E-state index in [1.165, 1.54) is 5.56 Å². The third-order valence-electron chi connectivity index (χ3n) is 4.80. The molecule has 1 aliphatic heterocycles. The molecule has 2 unspecified atom stereocenters. The summed E-state index contributed by atoms with van der Waals surface area (Å²) in [5.74, 6) is 0. The van der Waals surface area contributed by atoms with Crippen LogP contribution in [-0.4, -0.2) is 30.6 Å². The maximum Gasteiger partial charge on any atom is 0.229 e. The van der Waals surface area contributed by atoms with Gasteiger partial charge in [-0.3, -0.25) is 4.72 Å². The van der Waals surface area contributed by atoms with Crippen LogP contribution in [0.25, 0.3) is 5.69 Å². The molecule has 0 aliphatic carbocycles. The maximum absolute atomic E-state index is 11.4. The SMILES string of the molecule is Cc1cc(NS(C)(=O)=O)ccc1NC1CC(c2cccc(-n3cccn3)c2)NN1. The number of hydrogen-bond donors (Lipinski definition) is 4. The smallest absolute Gasteiger partial charge is 0.229 e. The van der Waals surface area contributed by atoms with Crippen LogP contribution in [0.1, 0.15) is 23.6 Å². The van der Waals surface area contributed by atoms with Crippen molar-refractivity contribution in [1.82, 2.24) is 20.6 Å². The van der Waals surface area contributed by atoms with Crippen LogP contribution in [0.15, 0.2) is 60.9 Å². The van der Waals surface area contributed by atoms with Gasteiger partial charge in [0.05, 0.1) is 18.1 Å². The first-order valence-electron chi connectivity index (χ1n) is 9.33. The van der Waals surface area contributed by atoms with E-state index >= 15 is 0 Å². The lowest BCUT2D eigenvalue weighted by atomic mass is 10.0. The van der Waals surface area contributed by atoms with Crippen LogP contribution < -0.4 is 20.9 Å². The summed E-state index contributed by atoms with van der Waals surface area (Å²) in [6, 6.07) is 15.8. The van der Waals surface area contributed by atoms with Gasteiger partial charge in [-0.1, -0.05) is 12.1 Å². The molecule has 2 aromatic carbocycles. The molecule has 9 heteroatoms. The molecule has 152 valence electrons. The first-order valence-corrected chi connectivity index (χ1v) is 11.2. The van der Waals surface area contributed by atoms with Gasteiger partial charge in [0.25, 0.3) is 0 Å². The Morgan fingerprint density at radius 3 is 2.72 bits per heavy atom. The Bertz CT molecular complexity index is 1100. The van der Waals surface area contributed by atoms with Gasteiger partial charge < -0.3 is 5.32 Å². The summed E-state index contributed by atoms with van der Waals surface area (Å²) < 4.78 is 27.1. The van der Waals surface area contributed by atoms with Crippen molar-refractivity contribution in [3.8, 4) is 5.69 Å². The lowest BCUT2D eigenvalue weighted by Gasteiger charge is -2.17. The largest absolute Gasteiger partial charge is 0.368 e. The Labute approximate surface area is 170 Å². The minimum Gasteiger partial charge on any atom is -0.368 e. The van der Waals surface area contributed by atoms with Crippen molar-refractivity contribution in [3.05, 3.63) is 72.1 Å². The van der Waals surface area contributed by atoms with Gasteiger partial charge in [0.1, 0.15) is 0 Å². The first kappa shape index (κ1) is 19.4. The summed E-state index contributed by atoms with van der Waals surface area (Å²) in [5, 5.41) is 7.76. The van der Waals surface area contributed by atoms with Gasteiger partial charge in [0, 0.05) is 36.2 Å². The molecule has 1 aromatic heterocycles. The van der Waals surface area contributed by atoms with Crippen molar-refractivity contribution >= 4 is 21.4 Å². The number of hydrogen-bond acceptors (Lipinski definition) is 6. The summed E-state index contributed by atoms with van der Waals surface area (Å²) in [7, 11) is -3.29. The number of nitrogens with one attached hydrogen (secondary N) is 4. The molecular weight excluding hydrogens is 388 g/mol. The molecule has 3 aromatic rings. The highest BCUT2D eigenvalue weighted by Crippen LogP contribution is 2.27. The molecule has 0 radical (unpaired) electrons.